The lowest BCUT2D eigenvalue weighted by atomic mass is 9.85. The Bertz CT molecular complexity index is 1540. The molecule has 2 unspecified atom stereocenters. The molecule has 0 nitrogen and oxygen atoms in total. The van der Waals surface area contributed by atoms with Crippen LogP contribution in [0.5, 0.6) is 0 Å². The summed E-state index contributed by atoms with van der Waals surface area (Å²) in [6.45, 7) is 6.75. The minimum atomic E-state index is -3.63. The van der Waals surface area contributed by atoms with E-state index in [-0.39, 0.29) is 32.0 Å². The molecule has 0 radical (unpaired) electrons. The first-order valence-corrected chi connectivity index (χ1v) is 15.5. The van der Waals surface area contributed by atoms with Gasteiger partial charge in [0.05, 0.1) is 20.8 Å². The van der Waals surface area contributed by atoms with Gasteiger partial charge in [-0.2, -0.15) is 17.6 Å². The second-order valence-electron chi connectivity index (χ2n) is 9.49. The Hall–Kier alpha value is -2.17. The lowest BCUT2D eigenvalue weighted by Crippen LogP contribution is -2.28. The average molecular weight is 781 g/mol. The largest absolute Gasteiger partial charge is 0.289 e. The smallest absolute Gasteiger partial charge is 0.207 e. The second-order valence-corrected chi connectivity index (χ2v) is 13.4. The molecule has 4 aromatic carbocycles. The first kappa shape index (κ1) is 33.7. The molecule has 4 aromatic rings. The van der Waals surface area contributed by atoms with Gasteiger partial charge in [0.2, 0.25) is 0 Å². The first-order chi connectivity index (χ1) is 20.1. The predicted octanol–water partition coefficient (Wildman–Crippen LogP) is 12.8. The Morgan fingerprint density at radius 1 is 0.605 bits per heavy atom. The van der Waals surface area contributed by atoms with Crippen LogP contribution in [0.1, 0.15) is 34.1 Å². The van der Waals surface area contributed by atoms with Crippen LogP contribution < -0.4 is 0 Å². The summed E-state index contributed by atoms with van der Waals surface area (Å²) in [7, 11) is 0. The highest BCUT2D eigenvalue weighted by Crippen LogP contribution is 2.52. The molecule has 0 N–H and O–H groups in total. The van der Waals surface area contributed by atoms with Crippen molar-refractivity contribution in [3.05, 3.63) is 151 Å². The number of halogens is 10. The van der Waals surface area contributed by atoms with Gasteiger partial charge in [-0.3, -0.25) is 0 Å². The fourth-order valence-electron chi connectivity index (χ4n) is 4.59. The number of hydrogen-bond donors (Lipinski definition) is 0. The summed E-state index contributed by atoms with van der Waals surface area (Å²) in [6.07, 6.45) is 0. The van der Waals surface area contributed by atoms with Gasteiger partial charge < -0.3 is 0 Å². The Balaban J connectivity index is 1.95. The van der Waals surface area contributed by atoms with Crippen LogP contribution in [0.4, 0.5) is 26.3 Å². The van der Waals surface area contributed by atoms with Crippen LogP contribution in [0.15, 0.2) is 117 Å². The first-order valence-electron chi connectivity index (χ1n) is 12.4. The van der Waals surface area contributed by atoms with Gasteiger partial charge in [-0.25, -0.2) is 8.78 Å². The molecule has 0 saturated heterocycles. The molecule has 11 heteroatoms. The third-order valence-electron chi connectivity index (χ3n) is 6.64. The maximum absolute atomic E-state index is 15.8. The van der Waals surface area contributed by atoms with Crippen LogP contribution in [0.25, 0.3) is 0 Å². The summed E-state index contributed by atoms with van der Waals surface area (Å²) >= 11 is 18.4. The van der Waals surface area contributed by atoms with Crippen LogP contribution in [0.2, 0.25) is 10.0 Å². The van der Waals surface area contributed by atoms with E-state index in [1.807, 2.05) is 0 Å². The number of alkyl halides is 4. The maximum atomic E-state index is 15.8. The van der Waals surface area contributed by atoms with Crippen molar-refractivity contribution in [2.24, 2.45) is 0 Å². The Labute approximate surface area is 276 Å². The van der Waals surface area contributed by atoms with E-state index in [0.717, 1.165) is 36.0 Å². The summed E-state index contributed by atoms with van der Waals surface area (Å²) in [5.74, 6) is -12.4. The molecule has 0 saturated carbocycles. The number of allylic oxidation sites excluding steroid dienone is 2. The Kier molecular flexibility index (Phi) is 10.5. The van der Waals surface area contributed by atoms with E-state index >= 15 is 17.6 Å². The van der Waals surface area contributed by atoms with Crippen molar-refractivity contribution in [1.29, 1.82) is 0 Å². The van der Waals surface area contributed by atoms with Crippen molar-refractivity contribution in [2.45, 2.75) is 33.5 Å². The summed E-state index contributed by atoms with van der Waals surface area (Å²) < 4.78 is 91.3. The fraction of sp³-hybridized carbons (Fsp3) is 0.125. The van der Waals surface area contributed by atoms with Crippen LogP contribution in [0.3, 0.4) is 0 Å². The monoisotopic (exact) mass is 778 g/mol. The number of hydrogen-bond acceptors (Lipinski definition) is 1. The van der Waals surface area contributed by atoms with E-state index in [4.69, 9.17) is 23.2 Å². The van der Waals surface area contributed by atoms with E-state index < -0.39 is 44.3 Å². The van der Waals surface area contributed by atoms with Gasteiger partial charge in [-0.05, 0) is 115 Å². The van der Waals surface area contributed by atoms with Gasteiger partial charge in [0.15, 0.2) is 0 Å². The van der Waals surface area contributed by atoms with Gasteiger partial charge in [0.1, 0.15) is 11.6 Å². The summed E-state index contributed by atoms with van der Waals surface area (Å²) in [6, 6.07) is 17.9. The molecule has 43 heavy (non-hydrogen) atoms. The Morgan fingerprint density at radius 3 is 1.23 bits per heavy atom. The Morgan fingerprint density at radius 2 is 0.930 bits per heavy atom. The van der Waals surface area contributed by atoms with E-state index in [1.165, 1.54) is 60.7 Å². The lowest BCUT2D eigenvalue weighted by Gasteiger charge is -2.30. The molecule has 0 aliphatic carbocycles. The van der Waals surface area contributed by atoms with Crippen molar-refractivity contribution in [2.75, 3.05) is 0 Å². The fourth-order valence-corrected chi connectivity index (χ4v) is 6.39. The van der Waals surface area contributed by atoms with E-state index in [2.05, 4.69) is 45.0 Å². The highest BCUT2D eigenvalue weighted by Gasteiger charge is 2.46. The number of rotatable bonds is 10. The van der Waals surface area contributed by atoms with Crippen molar-refractivity contribution < 1.29 is 26.3 Å². The quantitative estimate of drug-likeness (QED) is 0.144. The van der Waals surface area contributed by atoms with Gasteiger partial charge in [-0.1, -0.05) is 72.4 Å². The molecule has 0 heterocycles. The SMILES string of the molecule is C=C(Br)C(F)(F)C(c1ccc(Cl)cc1)c1cc(F)ccc1Sc1ccc(F)cc1C(c1ccc(Cl)cc1)C(F)(F)C(=C)Br. The summed E-state index contributed by atoms with van der Waals surface area (Å²) in [5.41, 5.74) is -0.0910. The molecular formula is C32H20Br2Cl2F6S. The molecule has 0 aromatic heterocycles. The number of benzene rings is 4. The van der Waals surface area contributed by atoms with Crippen molar-refractivity contribution in [3.63, 3.8) is 0 Å². The molecule has 0 aliphatic heterocycles. The zero-order valence-corrected chi connectivity index (χ0v) is 27.3. The van der Waals surface area contributed by atoms with Gasteiger partial charge in [-0.15, -0.1) is 0 Å². The minimum absolute atomic E-state index is 0.0999. The molecule has 0 bridgehead atoms. The van der Waals surface area contributed by atoms with Crippen LogP contribution in [-0.4, -0.2) is 11.8 Å². The van der Waals surface area contributed by atoms with Crippen LogP contribution in [-0.2, 0) is 0 Å². The molecule has 224 valence electrons. The normalized spacial score (nSPS) is 13.4. The molecule has 0 fully saturated rings. The highest BCUT2D eigenvalue weighted by atomic mass is 79.9. The van der Waals surface area contributed by atoms with Gasteiger partial charge >= 0.3 is 0 Å². The van der Waals surface area contributed by atoms with Crippen molar-refractivity contribution in [1.82, 2.24) is 0 Å². The highest BCUT2D eigenvalue weighted by molar-refractivity contribution is 9.12. The zero-order valence-electron chi connectivity index (χ0n) is 21.8. The van der Waals surface area contributed by atoms with Crippen molar-refractivity contribution in [3.8, 4) is 0 Å². The van der Waals surface area contributed by atoms with Gasteiger partial charge in [0, 0.05) is 19.8 Å². The van der Waals surface area contributed by atoms with E-state index in [0.29, 0.717) is 10.0 Å². The maximum Gasteiger partial charge on any atom is 0.289 e. The third kappa shape index (κ3) is 7.39. The third-order valence-corrected chi connectivity index (χ3v) is 9.39. The molecular weight excluding hydrogens is 761 g/mol. The topological polar surface area (TPSA) is 0 Å². The van der Waals surface area contributed by atoms with E-state index in [9.17, 15) is 8.78 Å². The van der Waals surface area contributed by atoms with Crippen molar-refractivity contribution >= 4 is 66.8 Å². The zero-order chi connectivity index (χ0) is 31.7. The average Bonchev–Trinajstić information content (AvgIpc) is 2.93. The molecule has 0 aliphatic rings. The minimum Gasteiger partial charge on any atom is -0.207 e. The van der Waals surface area contributed by atoms with Crippen LogP contribution in [0, 0.1) is 11.6 Å². The summed E-state index contributed by atoms with van der Waals surface area (Å²) in [4.78, 5) is 0.247. The summed E-state index contributed by atoms with van der Waals surface area (Å²) in [5, 5.41) is 0.603. The predicted molar refractivity (Wildman–Crippen MR) is 170 cm³/mol. The second kappa shape index (κ2) is 13.4. The molecule has 4 rings (SSSR count). The molecule has 0 amide bonds. The molecule has 2 atom stereocenters. The van der Waals surface area contributed by atoms with Gasteiger partial charge in [0.25, 0.3) is 11.8 Å². The molecule has 0 spiro atoms. The lowest BCUT2D eigenvalue weighted by molar-refractivity contribution is 0.0328. The standard InChI is InChI=1S/C32H20Br2Cl2F6S/c1-17(33)31(39,40)29(19-3-7-21(35)8-4-19)25-15-23(37)11-13-27(25)43-28-14-12-24(38)16-26(28)30(32(41,42)18(2)34)20-5-9-22(36)10-6-20/h3-16,29-30H,1-2H2. The van der Waals surface area contributed by atoms with E-state index in [1.54, 1.807) is 0 Å². The van der Waals surface area contributed by atoms with Crippen LogP contribution >= 0.6 is 66.8 Å².